The highest BCUT2D eigenvalue weighted by Gasteiger charge is 2.29. The van der Waals surface area contributed by atoms with Crippen molar-refractivity contribution in [1.82, 2.24) is 9.97 Å². The average molecular weight is 367 g/mol. The van der Waals surface area contributed by atoms with Gasteiger partial charge < -0.3 is 14.4 Å². The Labute approximate surface area is 158 Å². The van der Waals surface area contributed by atoms with E-state index in [1.165, 1.54) is 0 Å². The summed E-state index contributed by atoms with van der Waals surface area (Å²) in [5, 5.41) is 9.06. The largest absolute Gasteiger partial charge is 0.378 e. The zero-order chi connectivity index (χ0) is 18.6. The van der Waals surface area contributed by atoms with Crippen LogP contribution in [-0.2, 0) is 16.5 Å². The zero-order valence-corrected chi connectivity index (χ0v) is 15.5. The maximum Gasteiger partial charge on any atom is 0.354 e. The van der Waals surface area contributed by atoms with Crippen LogP contribution in [0.2, 0.25) is 0 Å². The van der Waals surface area contributed by atoms with E-state index < -0.39 is 0 Å². The number of hydrogen-bond donors (Lipinski definition) is 0. The van der Waals surface area contributed by atoms with E-state index in [-0.39, 0.29) is 0 Å². The van der Waals surface area contributed by atoms with E-state index in [2.05, 4.69) is 15.9 Å². The maximum absolute atomic E-state index is 9.06. The van der Waals surface area contributed by atoms with Gasteiger partial charge in [-0.2, -0.15) is 5.26 Å². The number of rotatable bonds is 3. The Bertz CT molecular complexity index is 837. The van der Waals surface area contributed by atoms with Gasteiger partial charge in [-0.25, -0.2) is 4.57 Å². The summed E-state index contributed by atoms with van der Waals surface area (Å²) in [5.74, 6) is 2.43. The first-order valence-corrected chi connectivity index (χ1v) is 9.20. The van der Waals surface area contributed by atoms with Crippen LogP contribution in [0.4, 0.5) is 11.9 Å². The topological polar surface area (TPSA) is 78.4 Å². The average Bonchev–Trinajstić information content (AvgIpc) is 2.75. The molecule has 2 aliphatic rings. The third kappa shape index (κ3) is 3.70. The maximum atomic E-state index is 9.06. The summed E-state index contributed by atoms with van der Waals surface area (Å²) in [4.78, 5) is 14.1. The molecule has 0 bridgehead atoms. The molecule has 8 heteroatoms. The van der Waals surface area contributed by atoms with Crippen LogP contribution >= 0.6 is 0 Å². The van der Waals surface area contributed by atoms with E-state index in [0.717, 1.165) is 49.5 Å². The number of aromatic nitrogens is 3. The number of morpholine rings is 2. The van der Waals surface area contributed by atoms with Crippen molar-refractivity contribution in [3.05, 3.63) is 29.8 Å². The normalized spacial score (nSPS) is 17.6. The third-order valence-corrected chi connectivity index (χ3v) is 4.88. The molecule has 0 unspecified atom stereocenters. The molecule has 1 aromatic carbocycles. The van der Waals surface area contributed by atoms with Crippen molar-refractivity contribution in [1.29, 1.82) is 5.26 Å². The fourth-order valence-corrected chi connectivity index (χ4v) is 3.36. The van der Waals surface area contributed by atoms with Crippen LogP contribution in [0.1, 0.15) is 5.56 Å². The zero-order valence-electron chi connectivity index (χ0n) is 15.5. The molecule has 140 valence electrons. The Balaban J connectivity index is 1.78. The number of anilines is 2. The molecule has 2 saturated heterocycles. The first kappa shape index (κ1) is 17.6. The van der Waals surface area contributed by atoms with Crippen LogP contribution in [0.25, 0.3) is 11.4 Å². The summed E-state index contributed by atoms with van der Waals surface area (Å²) in [6, 6.07) is 9.68. The number of benzene rings is 1. The Morgan fingerprint density at radius 3 is 2.11 bits per heavy atom. The first-order valence-electron chi connectivity index (χ1n) is 9.20. The van der Waals surface area contributed by atoms with Gasteiger partial charge in [-0.1, -0.05) is 9.97 Å². The molecule has 0 saturated carbocycles. The van der Waals surface area contributed by atoms with Gasteiger partial charge in [0.2, 0.25) is 5.82 Å². The summed E-state index contributed by atoms with van der Waals surface area (Å²) in [7, 11) is 1.99. The monoisotopic (exact) mass is 367 g/mol. The van der Waals surface area contributed by atoms with Gasteiger partial charge in [0.1, 0.15) is 0 Å². The van der Waals surface area contributed by atoms with E-state index in [0.29, 0.717) is 32.0 Å². The molecular weight excluding hydrogens is 344 g/mol. The lowest BCUT2D eigenvalue weighted by atomic mass is 10.1. The fourth-order valence-electron chi connectivity index (χ4n) is 3.36. The van der Waals surface area contributed by atoms with E-state index in [4.69, 9.17) is 24.7 Å². The quantitative estimate of drug-likeness (QED) is 0.732. The number of nitrogens with zero attached hydrogens (tertiary/aromatic N) is 6. The third-order valence-electron chi connectivity index (χ3n) is 4.88. The molecule has 0 spiro atoms. The van der Waals surface area contributed by atoms with Crippen molar-refractivity contribution in [2.75, 3.05) is 62.4 Å². The van der Waals surface area contributed by atoms with Crippen molar-refractivity contribution >= 4 is 11.9 Å². The second-order valence-corrected chi connectivity index (χ2v) is 6.59. The lowest BCUT2D eigenvalue weighted by Gasteiger charge is -2.27. The number of hydrogen-bond acceptors (Lipinski definition) is 7. The van der Waals surface area contributed by atoms with Crippen molar-refractivity contribution in [3.8, 4) is 17.5 Å². The summed E-state index contributed by atoms with van der Waals surface area (Å²) in [6.45, 7) is 5.94. The highest BCUT2D eigenvalue weighted by Crippen LogP contribution is 2.21. The molecule has 2 aliphatic heterocycles. The lowest BCUT2D eigenvalue weighted by molar-refractivity contribution is -0.653. The van der Waals surface area contributed by atoms with Crippen LogP contribution in [-0.4, -0.2) is 62.6 Å². The molecule has 27 heavy (non-hydrogen) atoms. The smallest absolute Gasteiger partial charge is 0.354 e. The van der Waals surface area contributed by atoms with E-state index in [9.17, 15) is 0 Å². The Morgan fingerprint density at radius 2 is 1.52 bits per heavy atom. The van der Waals surface area contributed by atoms with Gasteiger partial charge in [0.05, 0.1) is 58.2 Å². The Hall–Kier alpha value is -2.76. The van der Waals surface area contributed by atoms with Crippen LogP contribution in [0.15, 0.2) is 24.3 Å². The highest BCUT2D eigenvalue weighted by molar-refractivity contribution is 5.56. The van der Waals surface area contributed by atoms with Crippen LogP contribution in [0.3, 0.4) is 0 Å². The highest BCUT2D eigenvalue weighted by atomic mass is 16.5. The second-order valence-electron chi connectivity index (χ2n) is 6.59. The van der Waals surface area contributed by atoms with Gasteiger partial charge in [-0.15, -0.1) is 0 Å². The molecule has 3 heterocycles. The molecule has 0 radical (unpaired) electrons. The van der Waals surface area contributed by atoms with E-state index >= 15 is 0 Å². The Kier molecular flexibility index (Phi) is 5.14. The van der Waals surface area contributed by atoms with Crippen molar-refractivity contribution in [3.63, 3.8) is 0 Å². The summed E-state index contributed by atoms with van der Waals surface area (Å²) in [6.07, 6.45) is 0. The fraction of sp³-hybridized carbons (Fsp3) is 0.474. The van der Waals surface area contributed by atoms with Gasteiger partial charge in [0.15, 0.2) is 0 Å². The predicted molar refractivity (Wildman–Crippen MR) is 99.4 cm³/mol. The standard InChI is InChI=1S/C19H23N6O2/c1-23-17(16-4-2-15(14-20)3-5-16)21-18(24-6-10-26-11-7-24)22-19(23)25-8-12-27-13-9-25/h2-5H,6-13H2,1H3/q+1. The van der Waals surface area contributed by atoms with Crippen LogP contribution in [0.5, 0.6) is 0 Å². The molecule has 2 aromatic rings. The molecular formula is C19H23N6O2+. The summed E-state index contributed by atoms with van der Waals surface area (Å²) in [5.41, 5.74) is 1.60. The molecule has 0 N–H and O–H groups in total. The van der Waals surface area contributed by atoms with Crippen LogP contribution in [0, 0.1) is 11.3 Å². The minimum Gasteiger partial charge on any atom is -0.378 e. The van der Waals surface area contributed by atoms with Gasteiger partial charge in [-0.3, -0.25) is 4.90 Å². The van der Waals surface area contributed by atoms with Gasteiger partial charge in [0.25, 0.3) is 0 Å². The number of nitriles is 1. The van der Waals surface area contributed by atoms with E-state index in [1.54, 1.807) is 0 Å². The molecule has 0 amide bonds. The second kappa shape index (κ2) is 7.86. The molecule has 1 aromatic heterocycles. The summed E-state index contributed by atoms with van der Waals surface area (Å²) >= 11 is 0. The molecule has 4 rings (SSSR count). The molecule has 2 fully saturated rings. The Morgan fingerprint density at radius 1 is 0.926 bits per heavy atom. The minimum absolute atomic E-state index is 0.636. The van der Waals surface area contributed by atoms with Crippen LogP contribution < -0.4 is 14.4 Å². The van der Waals surface area contributed by atoms with Gasteiger partial charge in [-0.05, 0) is 24.3 Å². The first-order chi connectivity index (χ1) is 13.3. The predicted octanol–water partition coefficient (Wildman–Crippen LogP) is 0.513. The van der Waals surface area contributed by atoms with Gasteiger partial charge in [0, 0.05) is 18.7 Å². The lowest BCUT2D eigenvalue weighted by Crippen LogP contribution is -2.48. The van der Waals surface area contributed by atoms with Crippen molar-refractivity contribution in [2.45, 2.75) is 0 Å². The van der Waals surface area contributed by atoms with E-state index in [1.807, 2.05) is 35.9 Å². The minimum atomic E-state index is 0.636. The van der Waals surface area contributed by atoms with Gasteiger partial charge >= 0.3 is 11.9 Å². The molecule has 8 nitrogen and oxygen atoms in total. The van der Waals surface area contributed by atoms with Crippen molar-refractivity contribution < 1.29 is 14.0 Å². The molecule has 0 aliphatic carbocycles. The number of ether oxygens (including phenoxy) is 2. The SMILES string of the molecule is C[n+]1c(-c2ccc(C#N)cc2)nc(N2CCOCC2)nc1N1CCOCC1. The molecule has 0 atom stereocenters. The summed E-state index contributed by atoms with van der Waals surface area (Å²) < 4.78 is 13.0. The van der Waals surface area contributed by atoms with Crippen molar-refractivity contribution in [2.24, 2.45) is 7.05 Å².